The van der Waals surface area contributed by atoms with Crippen molar-refractivity contribution in [1.29, 1.82) is 0 Å². The summed E-state index contributed by atoms with van der Waals surface area (Å²) in [6.45, 7) is 3.50. The fourth-order valence-electron chi connectivity index (χ4n) is 4.32. The van der Waals surface area contributed by atoms with Crippen molar-refractivity contribution in [3.8, 4) is 17.6 Å². The number of piperazine rings is 1. The molecule has 1 aliphatic heterocycles. The number of nitrogens with zero attached hydrogens (tertiary/aromatic N) is 2. The lowest BCUT2D eigenvalue weighted by atomic mass is 10.0. The molecule has 2 aromatic carbocycles. The molecule has 4 rings (SSSR count). The van der Waals surface area contributed by atoms with E-state index < -0.39 is 27.4 Å². The van der Waals surface area contributed by atoms with Crippen molar-refractivity contribution in [2.75, 3.05) is 32.5 Å². The van der Waals surface area contributed by atoms with E-state index in [-0.39, 0.29) is 24.8 Å². The molecule has 200 valence electrons. The summed E-state index contributed by atoms with van der Waals surface area (Å²) in [7, 11) is -3.58. The minimum atomic E-state index is -3.58. The first kappa shape index (κ1) is 27.5. The van der Waals surface area contributed by atoms with Crippen LogP contribution in [-0.2, 0) is 23.0 Å². The Labute approximate surface area is 221 Å². The van der Waals surface area contributed by atoms with E-state index in [1.165, 1.54) is 0 Å². The van der Waals surface area contributed by atoms with Gasteiger partial charge in [0.2, 0.25) is 15.8 Å². The van der Waals surface area contributed by atoms with Crippen LogP contribution in [0.25, 0.3) is 0 Å². The van der Waals surface area contributed by atoms with Crippen LogP contribution in [-0.4, -0.2) is 72.0 Å². The molecular weight excluding hydrogens is 506 g/mol. The number of aromatic nitrogens is 2. The number of aromatic hydroxyl groups is 1. The molecule has 38 heavy (non-hydrogen) atoms. The van der Waals surface area contributed by atoms with Crippen molar-refractivity contribution in [3.63, 3.8) is 0 Å². The van der Waals surface area contributed by atoms with Gasteiger partial charge in [-0.05, 0) is 35.4 Å². The highest BCUT2D eigenvalue weighted by atomic mass is 32.2. The van der Waals surface area contributed by atoms with E-state index in [1.807, 2.05) is 24.3 Å². The van der Waals surface area contributed by atoms with E-state index in [0.29, 0.717) is 5.56 Å². The van der Waals surface area contributed by atoms with Gasteiger partial charge >= 0.3 is 0 Å². The summed E-state index contributed by atoms with van der Waals surface area (Å²) in [5.74, 6) is 5.73. The average molecular weight is 538 g/mol. The molecule has 3 aromatic rings. The summed E-state index contributed by atoms with van der Waals surface area (Å²) in [4.78, 5) is 20.2. The maximum absolute atomic E-state index is 11.9. The molecule has 1 aliphatic rings. The van der Waals surface area contributed by atoms with E-state index in [0.717, 1.165) is 55.5 Å². The van der Waals surface area contributed by atoms with Crippen molar-refractivity contribution >= 4 is 10.0 Å². The topological polar surface area (TPSA) is 148 Å². The van der Waals surface area contributed by atoms with Gasteiger partial charge in [-0.15, -0.1) is 0 Å². The number of rotatable bonds is 8. The molecule has 5 N–H and O–H groups in total. The number of benzene rings is 2. The molecule has 10 nitrogen and oxygen atoms in total. The first-order valence-corrected chi connectivity index (χ1v) is 14.1. The Hall–Kier alpha value is -3.53. The molecule has 11 heteroatoms. The van der Waals surface area contributed by atoms with Gasteiger partial charge in [0.25, 0.3) is 5.56 Å². The van der Waals surface area contributed by atoms with Crippen molar-refractivity contribution in [2.24, 2.45) is 0 Å². The molecule has 0 spiro atoms. The zero-order valence-electron chi connectivity index (χ0n) is 21.0. The lowest BCUT2D eigenvalue weighted by Crippen LogP contribution is -2.52. The molecule has 0 saturated carbocycles. The summed E-state index contributed by atoms with van der Waals surface area (Å²) >= 11 is 0. The number of H-pyrrole nitrogens is 1. The molecule has 1 saturated heterocycles. The standard InChI is InChI=1S/C27H31N5O5S/c1-38(36,37)31-24(14-25-26(34)27(35)30-18-29-25)22-10-8-20(9-11-22)3-2-19-4-6-21(7-5-19)16-32-13-12-28-15-23(32)17-33/h4-11,18,23-24,28,31,33-34H,12-17H2,1H3,(H,29,30,35). The van der Waals surface area contributed by atoms with Crippen LogP contribution >= 0.6 is 0 Å². The molecular formula is C27H31N5O5S. The Balaban J connectivity index is 1.45. The second-order valence-electron chi connectivity index (χ2n) is 9.25. The van der Waals surface area contributed by atoms with Gasteiger partial charge in [-0.25, -0.2) is 18.1 Å². The number of nitrogens with one attached hydrogen (secondary N) is 3. The fraction of sp³-hybridized carbons (Fsp3) is 0.333. The van der Waals surface area contributed by atoms with Gasteiger partial charge in [0.1, 0.15) is 0 Å². The third kappa shape index (κ3) is 7.50. The lowest BCUT2D eigenvalue weighted by Gasteiger charge is -2.35. The zero-order chi connectivity index (χ0) is 27.1. The maximum atomic E-state index is 11.9. The van der Waals surface area contributed by atoms with Crippen LogP contribution < -0.4 is 15.6 Å². The van der Waals surface area contributed by atoms with Crippen LogP contribution in [0.1, 0.15) is 34.0 Å². The first-order valence-electron chi connectivity index (χ1n) is 12.2. The predicted molar refractivity (Wildman–Crippen MR) is 144 cm³/mol. The molecule has 1 fully saturated rings. The van der Waals surface area contributed by atoms with Crippen molar-refractivity contribution in [3.05, 3.63) is 93.2 Å². The van der Waals surface area contributed by atoms with Gasteiger partial charge in [0.15, 0.2) is 0 Å². The molecule has 2 unspecified atom stereocenters. The van der Waals surface area contributed by atoms with E-state index >= 15 is 0 Å². The normalized spacial score (nSPS) is 16.9. The zero-order valence-corrected chi connectivity index (χ0v) is 21.8. The molecule has 0 bridgehead atoms. The van der Waals surface area contributed by atoms with Crippen LogP contribution in [0, 0.1) is 11.8 Å². The van der Waals surface area contributed by atoms with Crippen LogP contribution in [0.5, 0.6) is 5.75 Å². The highest BCUT2D eigenvalue weighted by Gasteiger charge is 2.22. The van der Waals surface area contributed by atoms with Crippen molar-refractivity contribution < 1.29 is 18.6 Å². The lowest BCUT2D eigenvalue weighted by molar-refractivity contribution is 0.0946. The summed E-state index contributed by atoms with van der Waals surface area (Å²) < 4.78 is 26.4. The van der Waals surface area contributed by atoms with E-state index in [4.69, 9.17) is 0 Å². The van der Waals surface area contributed by atoms with Gasteiger partial charge < -0.3 is 20.5 Å². The van der Waals surface area contributed by atoms with Gasteiger partial charge in [-0.1, -0.05) is 36.1 Å². The summed E-state index contributed by atoms with van der Waals surface area (Å²) in [5.41, 5.74) is 2.81. The molecule has 0 radical (unpaired) electrons. The van der Waals surface area contributed by atoms with Crippen molar-refractivity contribution in [1.82, 2.24) is 24.9 Å². The smallest absolute Gasteiger partial charge is 0.293 e. The fourth-order valence-corrected chi connectivity index (χ4v) is 5.06. The third-order valence-corrected chi connectivity index (χ3v) is 7.06. The minimum absolute atomic E-state index is 0.00676. The quantitative estimate of drug-likeness (QED) is 0.261. The Morgan fingerprint density at radius 1 is 1.13 bits per heavy atom. The van der Waals surface area contributed by atoms with Crippen molar-refractivity contribution in [2.45, 2.75) is 25.0 Å². The van der Waals surface area contributed by atoms with Gasteiger partial charge in [-0.2, -0.15) is 0 Å². The maximum Gasteiger partial charge on any atom is 0.293 e. The summed E-state index contributed by atoms with van der Waals surface area (Å²) in [6, 6.07) is 14.5. The second-order valence-corrected chi connectivity index (χ2v) is 11.0. The number of aliphatic hydroxyl groups is 1. The number of aliphatic hydroxyl groups excluding tert-OH is 1. The van der Waals surface area contributed by atoms with E-state index in [2.05, 4.69) is 36.7 Å². The van der Waals surface area contributed by atoms with Gasteiger partial charge in [0, 0.05) is 49.8 Å². The Kier molecular flexibility index (Phi) is 8.93. The van der Waals surface area contributed by atoms with Gasteiger partial charge in [0.05, 0.1) is 30.9 Å². The summed E-state index contributed by atoms with van der Waals surface area (Å²) in [6.07, 6.45) is 2.20. The number of hydrogen-bond donors (Lipinski definition) is 5. The van der Waals surface area contributed by atoms with Crippen LogP contribution in [0.2, 0.25) is 0 Å². The van der Waals surface area contributed by atoms with E-state index in [9.17, 15) is 23.4 Å². The minimum Gasteiger partial charge on any atom is -0.502 e. The Bertz CT molecular complexity index is 1460. The van der Waals surface area contributed by atoms with E-state index in [1.54, 1.807) is 24.3 Å². The molecule has 1 aromatic heterocycles. The highest BCUT2D eigenvalue weighted by molar-refractivity contribution is 7.88. The highest BCUT2D eigenvalue weighted by Crippen LogP contribution is 2.22. The molecule has 2 atom stereocenters. The second kappa shape index (κ2) is 12.3. The molecule has 2 heterocycles. The third-order valence-electron chi connectivity index (χ3n) is 6.34. The van der Waals surface area contributed by atoms with Gasteiger partial charge in [-0.3, -0.25) is 9.69 Å². The molecule has 0 aliphatic carbocycles. The van der Waals surface area contributed by atoms with Crippen LogP contribution in [0.3, 0.4) is 0 Å². The largest absolute Gasteiger partial charge is 0.502 e. The number of hydrogen-bond acceptors (Lipinski definition) is 8. The number of sulfonamides is 1. The SMILES string of the molecule is CS(=O)(=O)NC(Cc1nc[nH]c(=O)c1O)c1ccc(C#Cc2ccc(CN3CCNCC3CO)cc2)cc1. The number of aromatic amines is 1. The Morgan fingerprint density at radius 2 is 1.79 bits per heavy atom. The average Bonchev–Trinajstić information content (AvgIpc) is 2.90. The van der Waals surface area contributed by atoms with Crippen LogP contribution in [0.15, 0.2) is 59.7 Å². The monoisotopic (exact) mass is 537 g/mol. The summed E-state index contributed by atoms with van der Waals surface area (Å²) in [5, 5.41) is 22.9. The Morgan fingerprint density at radius 3 is 2.42 bits per heavy atom. The first-order chi connectivity index (χ1) is 18.2. The predicted octanol–water partition coefficient (Wildman–Crippen LogP) is 0.474. The van der Waals surface area contributed by atoms with Crippen LogP contribution in [0.4, 0.5) is 0 Å². The molecule has 0 amide bonds.